The number of hydrogen-bond donors (Lipinski definition) is 1. The standard InChI is InChI=1S/C9H6ClFN4O2S/c1-15-9(13-6(16)7(17)14-15)18-8-5(11)2-4(10)3-12-8/h2-3H,1H3,(H,14,17). The van der Waals surface area contributed by atoms with Crippen molar-refractivity contribution in [2.75, 3.05) is 0 Å². The van der Waals surface area contributed by atoms with Gasteiger partial charge < -0.3 is 0 Å². The van der Waals surface area contributed by atoms with Gasteiger partial charge >= 0.3 is 11.1 Å². The second-order valence-corrected chi connectivity index (χ2v) is 4.63. The van der Waals surface area contributed by atoms with Gasteiger partial charge in [-0.2, -0.15) is 4.98 Å². The highest BCUT2D eigenvalue weighted by Crippen LogP contribution is 2.26. The Morgan fingerprint density at radius 3 is 2.89 bits per heavy atom. The van der Waals surface area contributed by atoms with E-state index >= 15 is 0 Å². The van der Waals surface area contributed by atoms with Crippen molar-refractivity contribution in [3.63, 3.8) is 0 Å². The van der Waals surface area contributed by atoms with E-state index in [9.17, 15) is 14.0 Å². The van der Waals surface area contributed by atoms with E-state index in [-0.39, 0.29) is 15.2 Å². The zero-order chi connectivity index (χ0) is 13.3. The average molecular weight is 289 g/mol. The molecular formula is C9H6ClFN4O2S. The molecule has 0 spiro atoms. The van der Waals surface area contributed by atoms with Crippen LogP contribution in [-0.2, 0) is 7.05 Å². The SMILES string of the molecule is Cn1[nH]c(=O)c(=O)nc1Sc1ncc(Cl)cc1F. The minimum atomic E-state index is -0.940. The number of nitrogens with one attached hydrogen (secondary N) is 1. The summed E-state index contributed by atoms with van der Waals surface area (Å²) in [6, 6.07) is 1.10. The van der Waals surface area contributed by atoms with E-state index < -0.39 is 16.9 Å². The molecule has 2 aromatic rings. The number of H-pyrrole nitrogens is 1. The number of pyridine rings is 1. The molecule has 0 radical (unpaired) electrons. The van der Waals surface area contributed by atoms with Crippen LogP contribution in [0.1, 0.15) is 0 Å². The van der Waals surface area contributed by atoms with Crippen molar-refractivity contribution in [1.82, 2.24) is 19.7 Å². The van der Waals surface area contributed by atoms with Gasteiger partial charge in [-0.25, -0.2) is 9.37 Å². The van der Waals surface area contributed by atoms with Gasteiger partial charge in [-0.15, -0.1) is 0 Å². The van der Waals surface area contributed by atoms with Crippen LogP contribution in [0.5, 0.6) is 0 Å². The summed E-state index contributed by atoms with van der Waals surface area (Å²) in [5.74, 6) is -0.632. The summed E-state index contributed by atoms with van der Waals surface area (Å²) >= 11 is 6.38. The first kappa shape index (κ1) is 12.8. The molecule has 18 heavy (non-hydrogen) atoms. The number of halogens is 2. The van der Waals surface area contributed by atoms with Gasteiger partial charge in [0.05, 0.1) is 5.02 Å². The van der Waals surface area contributed by atoms with E-state index in [1.807, 2.05) is 0 Å². The Balaban J connectivity index is 2.43. The van der Waals surface area contributed by atoms with Crippen LogP contribution in [-0.4, -0.2) is 19.7 Å². The lowest BCUT2D eigenvalue weighted by atomic mass is 10.5. The normalized spacial score (nSPS) is 10.6. The molecular weight excluding hydrogens is 283 g/mol. The highest BCUT2D eigenvalue weighted by molar-refractivity contribution is 7.99. The predicted octanol–water partition coefficient (Wildman–Crippen LogP) is 0.807. The number of nitrogens with zero attached hydrogens (tertiary/aromatic N) is 3. The van der Waals surface area contributed by atoms with Crippen molar-refractivity contribution in [2.45, 2.75) is 10.2 Å². The van der Waals surface area contributed by atoms with Crippen LogP contribution in [0.25, 0.3) is 0 Å². The third-order valence-electron chi connectivity index (χ3n) is 1.91. The third-order valence-corrected chi connectivity index (χ3v) is 3.16. The van der Waals surface area contributed by atoms with Gasteiger partial charge in [-0.1, -0.05) is 11.6 Å². The van der Waals surface area contributed by atoms with Crippen LogP contribution in [0.4, 0.5) is 4.39 Å². The maximum Gasteiger partial charge on any atom is 0.339 e. The van der Waals surface area contributed by atoms with E-state index in [1.165, 1.54) is 17.9 Å². The summed E-state index contributed by atoms with van der Waals surface area (Å²) in [4.78, 5) is 29.4. The van der Waals surface area contributed by atoms with Crippen LogP contribution in [0.3, 0.4) is 0 Å². The molecule has 0 bridgehead atoms. The first-order valence-corrected chi connectivity index (χ1v) is 5.83. The van der Waals surface area contributed by atoms with Crippen LogP contribution in [0.15, 0.2) is 32.0 Å². The second kappa shape index (κ2) is 4.91. The average Bonchev–Trinajstić information content (AvgIpc) is 2.29. The Labute approximate surface area is 109 Å². The number of aryl methyl sites for hydroxylation is 1. The molecule has 0 unspecified atom stereocenters. The fourth-order valence-electron chi connectivity index (χ4n) is 1.12. The number of aromatic amines is 1. The van der Waals surface area contributed by atoms with Gasteiger partial charge in [-0.05, 0) is 17.8 Å². The van der Waals surface area contributed by atoms with Gasteiger partial charge in [0, 0.05) is 13.2 Å². The predicted molar refractivity (Wildman–Crippen MR) is 63.4 cm³/mol. The van der Waals surface area contributed by atoms with Crippen LogP contribution in [0.2, 0.25) is 5.02 Å². The molecule has 0 amide bonds. The fraction of sp³-hybridized carbons (Fsp3) is 0.111. The Morgan fingerprint density at radius 1 is 1.50 bits per heavy atom. The van der Waals surface area contributed by atoms with Crippen molar-refractivity contribution in [3.8, 4) is 0 Å². The van der Waals surface area contributed by atoms with E-state index in [4.69, 9.17) is 11.6 Å². The zero-order valence-electron chi connectivity index (χ0n) is 8.98. The van der Waals surface area contributed by atoms with Crippen LogP contribution in [0, 0.1) is 5.82 Å². The lowest BCUT2D eigenvalue weighted by Gasteiger charge is -2.05. The maximum atomic E-state index is 13.5. The van der Waals surface area contributed by atoms with Crippen LogP contribution >= 0.6 is 23.4 Å². The Kier molecular flexibility index (Phi) is 3.48. The fourth-order valence-corrected chi connectivity index (χ4v) is 2.01. The van der Waals surface area contributed by atoms with E-state index in [0.717, 1.165) is 17.8 Å². The minimum absolute atomic E-state index is 0.00829. The molecule has 2 rings (SSSR count). The number of rotatable bonds is 2. The zero-order valence-corrected chi connectivity index (χ0v) is 10.5. The number of aromatic nitrogens is 4. The second-order valence-electron chi connectivity index (χ2n) is 3.24. The summed E-state index contributed by atoms with van der Waals surface area (Å²) in [5.41, 5.74) is -1.78. The molecule has 0 fully saturated rings. The van der Waals surface area contributed by atoms with Gasteiger partial charge in [0.1, 0.15) is 5.03 Å². The molecule has 9 heteroatoms. The Hall–Kier alpha value is -1.67. The van der Waals surface area contributed by atoms with Crippen LogP contribution < -0.4 is 11.1 Å². The largest absolute Gasteiger partial charge is 0.339 e. The van der Waals surface area contributed by atoms with E-state index in [1.54, 1.807) is 0 Å². The van der Waals surface area contributed by atoms with Crippen molar-refractivity contribution < 1.29 is 4.39 Å². The smallest absolute Gasteiger partial charge is 0.265 e. The monoisotopic (exact) mass is 288 g/mol. The molecule has 0 aliphatic heterocycles. The first-order valence-electron chi connectivity index (χ1n) is 4.63. The van der Waals surface area contributed by atoms with Gasteiger partial charge in [0.2, 0.25) is 0 Å². The van der Waals surface area contributed by atoms with Crippen molar-refractivity contribution >= 4 is 23.4 Å². The van der Waals surface area contributed by atoms with E-state index in [2.05, 4.69) is 15.1 Å². The summed E-state index contributed by atoms with van der Waals surface area (Å²) in [6.07, 6.45) is 1.27. The lowest BCUT2D eigenvalue weighted by Crippen LogP contribution is -2.33. The molecule has 0 saturated carbocycles. The first-order chi connectivity index (χ1) is 8.47. The molecule has 94 valence electrons. The van der Waals surface area contributed by atoms with E-state index in [0.29, 0.717) is 0 Å². The van der Waals surface area contributed by atoms with Gasteiger partial charge in [0.15, 0.2) is 11.0 Å². The summed E-state index contributed by atoms with van der Waals surface area (Å²) in [6.45, 7) is 0. The quantitative estimate of drug-likeness (QED) is 0.827. The Morgan fingerprint density at radius 2 is 2.22 bits per heavy atom. The Bertz CT molecular complexity index is 714. The summed E-state index contributed by atoms with van der Waals surface area (Å²) in [7, 11) is 1.48. The van der Waals surface area contributed by atoms with Crippen molar-refractivity contribution in [3.05, 3.63) is 43.8 Å². The molecule has 2 heterocycles. The third kappa shape index (κ3) is 2.59. The topological polar surface area (TPSA) is 80.6 Å². The molecule has 0 aliphatic rings. The highest BCUT2D eigenvalue weighted by atomic mass is 35.5. The molecule has 2 aromatic heterocycles. The molecule has 1 N–H and O–H groups in total. The maximum absolute atomic E-state index is 13.5. The molecule has 0 aromatic carbocycles. The number of hydrogen-bond acceptors (Lipinski definition) is 5. The molecule has 0 aliphatic carbocycles. The molecule has 0 atom stereocenters. The molecule has 0 saturated heterocycles. The van der Waals surface area contributed by atoms with Gasteiger partial charge in [-0.3, -0.25) is 19.4 Å². The minimum Gasteiger partial charge on any atom is -0.265 e. The summed E-state index contributed by atoms with van der Waals surface area (Å²) in [5, 5.41) is 2.54. The van der Waals surface area contributed by atoms with Crippen molar-refractivity contribution in [2.24, 2.45) is 7.05 Å². The van der Waals surface area contributed by atoms with Gasteiger partial charge in [0.25, 0.3) is 0 Å². The highest BCUT2D eigenvalue weighted by Gasteiger charge is 2.11. The van der Waals surface area contributed by atoms with Crippen molar-refractivity contribution in [1.29, 1.82) is 0 Å². The summed E-state index contributed by atoms with van der Waals surface area (Å²) < 4.78 is 14.7. The molecule has 6 nitrogen and oxygen atoms in total. The lowest BCUT2D eigenvalue weighted by molar-refractivity contribution is 0.578.